The zero-order chi connectivity index (χ0) is 12.8. The van der Waals surface area contributed by atoms with Crippen LogP contribution in [0.2, 0.25) is 0 Å². The molecular weight excluding hydrogens is 248 g/mol. The number of ether oxygens (including phenoxy) is 1. The van der Waals surface area contributed by atoms with Crippen molar-refractivity contribution in [3.8, 4) is 0 Å². The second kappa shape index (κ2) is 14.3. The lowest BCUT2D eigenvalue weighted by Crippen LogP contribution is -2.00. The molecule has 0 radical (unpaired) electrons. The molecule has 0 fully saturated rings. The summed E-state index contributed by atoms with van der Waals surface area (Å²) in [5.41, 5.74) is 0. The van der Waals surface area contributed by atoms with Gasteiger partial charge < -0.3 is 4.74 Å². The second-order valence-corrected chi connectivity index (χ2v) is 6.12. The van der Waals surface area contributed by atoms with Gasteiger partial charge in [-0.3, -0.25) is 0 Å². The summed E-state index contributed by atoms with van der Waals surface area (Å²) >= 11 is 6.83. The van der Waals surface area contributed by atoms with Crippen molar-refractivity contribution >= 4 is 28.4 Å². The molecule has 0 saturated heterocycles. The summed E-state index contributed by atoms with van der Waals surface area (Å²) in [6, 6.07) is 0. The summed E-state index contributed by atoms with van der Waals surface area (Å²) < 4.78 is 6.25. The maximum atomic E-state index is 5.51. The van der Waals surface area contributed by atoms with E-state index in [0.29, 0.717) is 0 Å². The van der Waals surface area contributed by atoms with Crippen LogP contribution in [0.5, 0.6) is 0 Å². The molecular formula is C14H28OS2. The third kappa shape index (κ3) is 14.2. The van der Waals surface area contributed by atoms with E-state index in [1.807, 2.05) is 0 Å². The minimum atomic E-state index is 0.740. The third-order valence-corrected chi connectivity index (χ3v) is 4.00. The smallest absolute Gasteiger partial charge is 0.219 e. The molecule has 0 aliphatic carbocycles. The first-order valence-corrected chi connectivity index (χ1v) is 8.50. The summed E-state index contributed by atoms with van der Waals surface area (Å²) in [6.07, 6.45) is 11.7. The van der Waals surface area contributed by atoms with Gasteiger partial charge in [-0.05, 0) is 25.1 Å². The van der Waals surface area contributed by atoms with Gasteiger partial charge >= 0.3 is 0 Å². The molecule has 0 aromatic rings. The number of hydrogen-bond donors (Lipinski definition) is 0. The number of hydrogen-bond acceptors (Lipinski definition) is 3. The van der Waals surface area contributed by atoms with Crippen LogP contribution in [0.15, 0.2) is 0 Å². The van der Waals surface area contributed by atoms with Crippen LogP contribution in [0, 0.1) is 0 Å². The minimum absolute atomic E-state index is 0.740. The van der Waals surface area contributed by atoms with Crippen LogP contribution in [-0.2, 0) is 4.74 Å². The highest BCUT2D eigenvalue weighted by Crippen LogP contribution is 2.11. The van der Waals surface area contributed by atoms with Crippen molar-refractivity contribution in [2.24, 2.45) is 0 Å². The van der Waals surface area contributed by atoms with Crippen molar-refractivity contribution in [1.29, 1.82) is 0 Å². The first kappa shape index (κ1) is 17.2. The fraction of sp³-hybridized carbons (Fsp3) is 0.929. The van der Waals surface area contributed by atoms with Crippen molar-refractivity contribution in [3.63, 3.8) is 0 Å². The van der Waals surface area contributed by atoms with Gasteiger partial charge in [0, 0.05) is 5.75 Å². The highest BCUT2D eigenvalue weighted by Gasteiger charge is 1.98. The zero-order valence-corrected chi connectivity index (χ0v) is 13.1. The van der Waals surface area contributed by atoms with Crippen molar-refractivity contribution in [2.75, 3.05) is 12.4 Å². The van der Waals surface area contributed by atoms with Crippen molar-refractivity contribution in [1.82, 2.24) is 0 Å². The van der Waals surface area contributed by atoms with Gasteiger partial charge in [0.25, 0.3) is 0 Å². The molecule has 0 aliphatic rings. The predicted molar refractivity (Wildman–Crippen MR) is 83.9 cm³/mol. The van der Waals surface area contributed by atoms with E-state index in [2.05, 4.69) is 13.8 Å². The number of rotatable bonds is 11. The summed E-state index contributed by atoms with van der Waals surface area (Å²) in [4.78, 5) is 0. The van der Waals surface area contributed by atoms with E-state index in [-0.39, 0.29) is 0 Å². The van der Waals surface area contributed by atoms with Gasteiger partial charge in [-0.15, -0.1) is 0 Å². The Morgan fingerprint density at radius 1 is 0.882 bits per heavy atom. The van der Waals surface area contributed by atoms with Crippen LogP contribution in [0.1, 0.15) is 71.6 Å². The normalized spacial score (nSPS) is 10.5. The molecule has 3 heteroatoms. The maximum absolute atomic E-state index is 5.51. The van der Waals surface area contributed by atoms with Crippen LogP contribution in [0.3, 0.4) is 0 Å². The molecule has 0 aromatic carbocycles. The Morgan fingerprint density at radius 3 is 2.12 bits per heavy atom. The molecule has 1 nitrogen and oxygen atoms in total. The van der Waals surface area contributed by atoms with Crippen LogP contribution in [-0.4, -0.2) is 16.7 Å². The fourth-order valence-electron chi connectivity index (χ4n) is 1.56. The largest absolute Gasteiger partial charge is 0.479 e. The monoisotopic (exact) mass is 276 g/mol. The second-order valence-electron chi connectivity index (χ2n) is 4.42. The number of unbranched alkanes of at least 4 members (excludes halogenated alkanes) is 7. The van der Waals surface area contributed by atoms with E-state index < -0.39 is 0 Å². The Morgan fingerprint density at radius 2 is 1.47 bits per heavy atom. The summed E-state index contributed by atoms with van der Waals surface area (Å²) in [7, 11) is 0. The molecule has 17 heavy (non-hydrogen) atoms. The standard InChI is InChI=1S/C14H28OS2/c1-3-5-7-8-9-10-11-12-15-14(16)17-13-6-4-2/h3-13H2,1-2H3. The molecule has 0 amide bonds. The molecule has 0 rings (SSSR count). The van der Waals surface area contributed by atoms with E-state index >= 15 is 0 Å². The van der Waals surface area contributed by atoms with E-state index in [1.54, 1.807) is 11.8 Å². The minimum Gasteiger partial charge on any atom is -0.479 e. The highest BCUT2D eigenvalue weighted by atomic mass is 32.2. The van der Waals surface area contributed by atoms with Gasteiger partial charge in [0.05, 0.1) is 6.61 Å². The molecule has 0 aromatic heterocycles. The molecule has 0 bridgehead atoms. The molecule has 0 spiro atoms. The van der Waals surface area contributed by atoms with Crippen LogP contribution < -0.4 is 0 Å². The van der Waals surface area contributed by atoms with Crippen LogP contribution >= 0.6 is 24.0 Å². The lowest BCUT2D eigenvalue weighted by atomic mass is 10.1. The summed E-state index contributed by atoms with van der Waals surface area (Å²) in [6.45, 7) is 5.26. The van der Waals surface area contributed by atoms with E-state index in [9.17, 15) is 0 Å². The van der Waals surface area contributed by atoms with Gasteiger partial charge in [-0.25, -0.2) is 0 Å². The Labute approximate surface area is 117 Å². The van der Waals surface area contributed by atoms with Crippen molar-refractivity contribution < 1.29 is 4.74 Å². The number of thiocarbonyl (C=S) groups is 1. The van der Waals surface area contributed by atoms with Crippen LogP contribution in [0.25, 0.3) is 0 Å². The van der Waals surface area contributed by atoms with Gasteiger partial charge in [-0.1, -0.05) is 70.6 Å². The quantitative estimate of drug-likeness (QED) is 0.360. The third-order valence-electron chi connectivity index (χ3n) is 2.69. The van der Waals surface area contributed by atoms with E-state index in [0.717, 1.165) is 23.2 Å². The molecule has 0 heterocycles. The topological polar surface area (TPSA) is 9.23 Å². The SMILES string of the molecule is CCCCCCCCCOC(=S)SCCCC. The molecule has 0 unspecified atom stereocenters. The van der Waals surface area contributed by atoms with Crippen molar-refractivity contribution in [3.05, 3.63) is 0 Å². The number of thioether (sulfide) groups is 1. The highest BCUT2D eigenvalue weighted by molar-refractivity contribution is 8.22. The summed E-state index contributed by atoms with van der Waals surface area (Å²) in [5.74, 6) is 1.10. The lowest BCUT2D eigenvalue weighted by Gasteiger charge is -2.06. The Bertz CT molecular complexity index is 172. The van der Waals surface area contributed by atoms with Gasteiger partial charge in [0.15, 0.2) is 0 Å². The van der Waals surface area contributed by atoms with Crippen LogP contribution in [0.4, 0.5) is 0 Å². The van der Waals surface area contributed by atoms with Crippen molar-refractivity contribution in [2.45, 2.75) is 71.6 Å². The van der Waals surface area contributed by atoms with Gasteiger partial charge in [0.2, 0.25) is 4.38 Å². The Hall–Kier alpha value is 0.240. The fourth-order valence-corrected chi connectivity index (χ4v) is 2.66. The average Bonchev–Trinajstić information content (AvgIpc) is 2.33. The first-order chi connectivity index (χ1) is 8.31. The Kier molecular flexibility index (Phi) is 14.5. The predicted octanol–water partition coefficient (Wildman–Crippen LogP) is 5.57. The Balaban J connectivity index is 3.08. The first-order valence-electron chi connectivity index (χ1n) is 7.10. The van der Waals surface area contributed by atoms with E-state index in [1.165, 1.54) is 51.4 Å². The maximum Gasteiger partial charge on any atom is 0.219 e. The zero-order valence-electron chi connectivity index (χ0n) is 11.5. The molecule has 0 atom stereocenters. The molecule has 0 saturated carbocycles. The molecule has 0 N–H and O–H groups in total. The van der Waals surface area contributed by atoms with Gasteiger partial charge in [-0.2, -0.15) is 0 Å². The van der Waals surface area contributed by atoms with Gasteiger partial charge in [0.1, 0.15) is 0 Å². The molecule has 0 aliphatic heterocycles. The average molecular weight is 277 g/mol. The summed E-state index contributed by atoms with van der Waals surface area (Å²) in [5, 5.41) is 0. The van der Waals surface area contributed by atoms with E-state index in [4.69, 9.17) is 17.0 Å². The lowest BCUT2D eigenvalue weighted by molar-refractivity contribution is 0.308. The molecule has 102 valence electrons.